The largest absolute Gasteiger partial charge is 0.233 e. The first-order valence-corrected chi connectivity index (χ1v) is 7.07. The number of hydrogen-bond donors (Lipinski definition) is 0. The van der Waals surface area contributed by atoms with Crippen LogP contribution >= 0.6 is 34.8 Å². The molecule has 0 atom stereocenters. The van der Waals surface area contributed by atoms with Gasteiger partial charge in [0.2, 0.25) is 0 Å². The second-order valence-electron chi connectivity index (χ2n) is 4.76. The highest BCUT2D eigenvalue weighted by Crippen LogP contribution is 2.26. The maximum absolute atomic E-state index is 6.05. The number of hydrogen-bond acceptors (Lipinski definition) is 2. The zero-order chi connectivity index (χ0) is 14.0. The molecule has 100 valence electrons. The molecule has 0 unspecified atom stereocenters. The third-order valence-corrected chi connectivity index (χ3v) is 3.12. The monoisotopic (exact) mass is 314 g/mol. The molecule has 0 fully saturated rings. The van der Waals surface area contributed by atoms with E-state index < -0.39 is 0 Å². The van der Waals surface area contributed by atoms with Crippen molar-refractivity contribution >= 4 is 34.8 Å². The van der Waals surface area contributed by atoms with E-state index in [1.807, 2.05) is 0 Å². The van der Waals surface area contributed by atoms with Crippen molar-refractivity contribution < 1.29 is 0 Å². The molecule has 0 radical (unpaired) electrons. The first-order valence-electron chi connectivity index (χ1n) is 5.94. The Morgan fingerprint density at radius 3 is 2.16 bits per heavy atom. The van der Waals surface area contributed by atoms with Crippen molar-refractivity contribution in [1.82, 2.24) is 9.97 Å². The van der Waals surface area contributed by atoms with Gasteiger partial charge in [0, 0.05) is 21.3 Å². The molecule has 0 spiro atoms. The van der Waals surface area contributed by atoms with Gasteiger partial charge < -0.3 is 0 Å². The molecule has 1 heterocycles. The van der Waals surface area contributed by atoms with E-state index >= 15 is 0 Å². The van der Waals surface area contributed by atoms with Gasteiger partial charge in [0.05, 0.1) is 0 Å². The van der Waals surface area contributed by atoms with Crippen LogP contribution in [0.1, 0.15) is 19.5 Å². The molecule has 2 nitrogen and oxygen atoms in total. The Balaban J connectivity index is 2.46. The Kier molecular flexibility index (Phi) is 4.67. The van der Waals surface area contributed by atoms with E-state index in [1.54, 1.807) is 24.3 Å². The maximum Gasteiger partial charge on any atom is 0.161 e. The van der Waals surface area contributed by atoms with Gasteiger partial charge in [0.1, 0.15) is 5.15 Å². The van der Waals surface area contributed by atoms with Crippen LogP contribution in [-0.4, -0.2) is 9.97 Å². The van der Waals surface area contributed by atoms with Crippen molar-refractivity contribution in [3.8, 4) is 11.4 Å². The quantitative estimate of drug-likeness (QED) is 0.718. The lowest BCUT2D eigenvalue weighted by Gasteiger charge is -2.08. The van der Waals surface area contributed by atoms with E-state index in [2.05, 4.69) is 23.8 Å². The highest BCUT2D eigenvalue weighted by atomic mass is 35.5. The van der Waals surface area contributed by atoms with Crippen molar-refractivity contribution in [2.45, 2.75) is 20.3 Å². The first-order chi connectivity index (χ1) is 8.94. The summed E-state index contributed by atoms with van der Waals surface area (Å²) in [5.41, 5.74) is 1.69. The average molecular weight is 316 g/mol. The predicted octanol–water partition coefficient (Wildman–Crippen LogP) is 5.30. The molecule has 0 N–H and O–H groups in total. The number of nitrogens with zero attached hydrogens (tertiary/aromatic N) is 2. The van der Waals surface area contributed by atoms with Crippen LogP contribution < -0.4 is 0 Å². The number of benzene rings is 1. The topological polar surface area (TPSA) is 25.8 Å². The van der Waals surface area contributed by atoms with Crippen molar-refractivity contribution in [3.05, 3.63) is 45.2 Å². The average Bonchev–Trinajstić information content (AvgIpc) is 2.25. The highest BCUT2D eigenvalue weighted by molar-refractivity contribution is 6.35. The summed E-state index contributed by atoms with van der Waals surface area (Å²) in [6, 6.07) is 7.01. The molecule has 0 amide bonds. The molecule has 0 saturated carbocycles. The fourth-order valence-corrected chi connectivity index (χ4v) is 2.53. The second kappa shape index (κ2) is 6.08. The summed E-state index contributed by atoms with van der Waals surface area (Å²) < 4.78 is 0. The fourth-order valence-electron chi connectivity index (χ4n) is 1.80. The van der Waals surface area contributed by atoms with E-state index in [1.165, 1.54) is 0 Å². The summed E-state index contributed by atoms with van der Waals surface area (Å²) in [7, 11) is 0. The Labute approximate surface area is 127 Å². The normalized spacial score (nSPS) is 11.1. The van der Waals surface area contributed by atoms with Crippen LogP contribution in [0.2, 0.25) is 15.2 Å². The molecule has 0 aliphatic carbocycles. The van der Waals surface area contributed by atoms with E-state index in [-0.39, 0.29) is 0 Å². The zero-order valence-electron chi connectivity index (χ0n) is 10.6. The minimum absolute atomic E-state index is 0.428. The maximum atomic E-state index is 6.05. The van der Waals surface area contributed by atoms with Gasteiger partial charge in [-0.3, -0.25) is 0 Å². The van der Waals surface area contributed by atoms with Gasteiger partial charge in [-0.15, -0.1) is 0 Å². The summed E-state index contributed by atoms with van der Waals surface area (Å²) >= 11 is 18.0. The van der Waals surface area contributed by atoms with Crippen LogP contribution in [0.5, 0.6) is 0 Å². The van der Waals surface area contributed by atoms with E-state index in [0.29, 0.717) is 26.9 Å². The van der Waals surface area contributed by atoms with E-state index in [9.17, 15) is 0 Å². The Bertz CT molecular complexity index is 577. The first kappa shape index (κ1) is 14.6. The second-order valence-corrected chi connectivity index (χ2v) is 6.02. The molecule has 5 heteroatoms. The summed E-state index contributed by atoms with van der Waals surface area (Å²) in [5, 5.41) is 1.53. The van der Waals surface area contributed by atoms with Crippen LogP contribution in [0.3, 0.4) is 0 Å². The standard InChI is InChI=1S/C14H13Cl3N2/c1-8(2)3-12-7-13(17)19-14(18-12)9-4-10(15)6-11(16)5-9/h4-8H,3H2,1-2H3. The molecule has 1 aromatic heterocycles. The molecule has 0 aliphatic rings. The molecule has 2 rings (SSSR count). The zero-order valence-corrected chi connectivity index (χ0v) is 12.9. The van der Waals surface area contributed by atoms with Crippen LogP contribution in [-0.2, 0) is 6.42 Å². The van der Waals surface area contributed by atoms with Gasteiger partial charge in [0.25, 0.3) is 0 Å². The van der Waals surface area contributed by atoms with E-state index in [0.717, 1.165) is 17.7 Å². The van der Waals surface area contributed by atoms with Gasteiger partial charge in [0.15, 0.2) is 5.82 Å². The summed E-state index contributed by atoms with van der Waals surface area (Å²) in [6.45, 7) is 4.26. The van der Waals surface area contributed by atoms with Crippen LogP contribution in [0, 0.1) is 5.92 Å². The van der Waals surface area contributed by atoms with E-state index in [4.69, 9.17) is 34.8 Å². The molecule has 2 aromatic rings. The number of aromatic nitrogens is 2. The number of rotatable bonds is 3. The highest BCUT2D eigenvalue weighted by Gasteiger charge is 2.09. The Hall–Kier alpha value is -0.830. The Morgan fingerprint density at radius 1 is 0.947 bits per heavy atom. The van der Waals surface area contributed by atoms with Crippen molar-refractivity contribution in [2.24, 2.45) is 5.92 Å². The number of halogens is 3. The van der Waals surface area contributed by atoms with Crippen molar-refractivity contribution in [1.29, 1.82) is 0 Å². The van der Waals surface area contributed by atoms with Crippen molar-refractivity contribution in [3.63, 3.8) is 0 Å². The molecular weight excluding hydrogens is 303 g/mol. The lowest BCUT2D eigenvalue weighted by Crippen LogP contribution is -2.00. The molecule has 0 bridgehead atoms. The lowest BCUT2D eigenvalue weighted by molar-refractivity contribution is 0.634. The molecule has 0 saturated heterocycles. The molecule has 0 aliphatic heterocycles. The van der Waals surface area contributed by atoms with Crippen LogP contribution in [0.15, 0.2) is 24.3 Å². The molecule has 19 heavy (non-hydrogen) atoms. The minimum atomic E-state index is 0.428. The third-order valence-electron chi connectivity index (χ3n) is 2.49. The third kappa shape index (κ3) is 4.07. The SMILES string of the molecule is CC(C)Cc1cc(Cl)nc(-c2cc(Cl)cc(Cl)c2)n1. The lowest BCUT2D eigenvalue weighted by atomic mass is 10.1. The van der Waals surface area contributed by atoms with Crippen molar-refractivity contribution in [2.75, 3.05) is 0 Å². The minimum Gasteiger partial charge on any atom is -0.233 e. The summed E-state index contributed by atoms with van der Waals surface area (Å²) in [6.07, 6.45) is 0.851. The van der Waals surface area contributed by atoms with Crippen LogP contribution in [0.25, 0.3) is 11.4 Å². The van der Waals surface area contributed by atoms with Gasteiger partial charge >= 0.3 is 0 Å². The summed E-state index contributed by atoms with van der Waals surface area (Å²) in [4.78, 5) is 8.74. The molecule has 1 aromatic carbocycles. The van der Waals surface area contributed by atoms with Crippen LogP contribution in [0.4, 0.5) is 0 Å². The molecular formula is C14H13Cl3N2. The smallest absolute Gasteiger partial charge is 0.161 e. The van der Waals surface area contributed by atoms with Gasteiger partial charge in [-0.25, -0.2) is 9.97 Å². The van der Waals surface area contributed by atoms with Gasteiger partial charge in [-0.1, -0.05) is 48.7 Å². The van der Waals surface area contributed by atoms with Gasteiger partial charge in [-0.05, 0) is 36.6 Å². The van der Waals surface area contributed by atoms with Gasteiger partial charge in [-0.2, -0.15) is 0 Å². The predicted molar refractivity (Wildman–Crippen MR) is 81.0 cm³/mol. The summed E-state index contributed by atoms with van der Waals surface area (Å²) in [5.74, 6) is 1.05. The Morgan fingerprint density at radius 2 is 1.58 bits per heavy atom. The fraction of sp³-hybridized carbons (Fsp3) is 0.286.